The fourth-order valence-electron chi connectivity index (χ4n) is 0.975. The largest absolute Gasteiger partial charge is 0.494 e. The highest BCUT2D eigenvalue weighted by molar-refractivity contribution is 5.52. The predicted molar refractivity (Wildman–Crippen MR) is 52.3 cm³/mol. The summed E-state index contributed by atoms with van der Waals surface area (Å²) >= 11 is 0. The summed E-state index contributed by atoms with van der Waals surface area (Å²) in [5.74, 6) is 0.858. The molecule has 0 saturated heterocycles. The number of hydrogen-bond acceptors (Lipinski definition) is 2. The molecule has 13 heavy (non-hydrogen) atoms. The summed E-state index contributed by atoms with van der Waals surface area (Å²) in [5.41, 5.74) is 1.00. The van der Waals surface area contributed by atoms with Crippen molar-refractivity contribution >= 4 is 6.08 Å². The molecule has 0 aliphatic carbocycles. The van der Waals surface area contributed by atoms with E-state index < -0.39 is 0 Å². The van der Waals surface area contributed by atoms with Crippen LogP contribution in [0.3, 0.4) is 0 Å². The van der Waals surface area contributed by atoms with Gasteiger partial charge in [0.2, 0.25) is 0 Å². The van der Waals surface area contributed by atoms with Gasteiger partial charge < -0.3 is 4.74 Å². The maximum absolute atomic E-state index is 8.30. The van der Waals surface area contributed by atoms with E-state index in [1.54, 1.807) is 6.08 Å². The van der Waals surface area contributed by atoms with Crippen LogP contribution in [0.4, 0.5) is 0 Å². The Hall–Kier alpha value is -1.75. The fourth-order valence-corrected chi connectivity index (χ4v) is 0.975. The van der Waals surface area contributed by atoms with Gasteiger partial charge in [-0.25, -0.2) is 0 Å². The number of benzene rings is 1. The third kappa shape index (κ3) is 3.00. The first-order chi connectivity index (χ1) is 6.36. The Labute approximate surface area is 78.1 Å². The van der Waals surface area contributed by atoms with Gasteiger partial charge in [0.15, 0.2) is 0 Å². The minimum absolute atomic E-state index is 0.674. The van der Waals surface area contributed by atoms with E-state index in [-0.39, 0.29) is 0 Å². The molecule has 0 aliphatic rings. The molecule has 1 rings (SSSR count). The van der Waals surface area contributed by atoms with Gasteiger partial charge in [0.05, 0.1) is 12.7 Å². The van der Waals surface area contributed by atoms with Crippen LogP contribution in [-0.2, 0) is 0 Å². The summed E-state index contributed by atoms with van der Waals surface area (Å²) in [5, 5.41) is 8.30. The van der Waals surface area contributed by atoms with Crippen molar-refractivity contribution in [3.63, 3.8) is 0 Å². The molecule has 0 radical (unpaired) electrons. The van der Waals surface area contributed by atoms with Gasteiger partial charge in [0, 0.05) is 6.08 Å². The summed E-state index contributed by atoms with van der Waals surface area (Å²) < 4.78 is 5.28. The van der Waals surface area contributed by atoms with Gasteiger partial charge in [-0.1, -0.05) is 12.1 Å². The lowest BCUT2D eigenvalue weighted by atomic mass is 10.2. The van der Waals surface area contributed by atoms with Crippen molar-refractivity contribution in [3.8, 4) is 11.8 Å². The highest BCUT2D eigenvalue weighted by Crippen LogP contribution is 2.12. The first-order valence-electron chi connectivity index (χ1n) is 4.16. The molecule has 0 unspecified atom stereocenters. The zero-order valence-corrected chi connectivity index (χ0v) is 7.53. The van der Waals surface area contributed by atoms with E-state index in [2.05, 4.69) is 0 Å². The predicted octanol–water partition coefficient (Wildman–Crippen LogP) is 2.62. The highest BCUT2D eigenvalue weighted by Gasteiger charge is 1.90. The van der Waals surface area contributed by atoms with E-state index in [0.29, 0.717) is 6.61 Å². The third-order valence-electron chi connectivity index (χ3n) is 1.54. The number of ether oxygens (including phenoxy) is 1. The lowest BCUT2D eigenvalue weighted by Gasteiger charge is -2.01. The molecule has 0 aromatic heterocycles. The Morgan fingerprint density at radius 2 is 2.08 bits per heavy atom. The number of allylic oxidation sites excluding steroid dienone is 1. The van der Waals surface area contributed by atoms with Crippen molar-refractivity contribution in [3.05, 3.63) is 35.9 Å². The molecule has 0 bridgehead atoms. The van der Waals surface area contributed by atoms with E-state index in [0.717, 1.165) is 11.3 Å². The maximum Gasteiger partial charge on any atom is 0.119 e. The van der Waals surface area contributed by atoms with Crippen LogP contribution in [0.5, 0.6) is 5.75 Å². The smallest absolute Gasteiger partial charge is 0.119 e. The lowest BCUT2D eigenvalue weighted by Crippen LogP contribution is -1.90. The second-order valence-corrected chi connectivity index (χ2v) is 2.46. The summed E-state index contributed by atoms with van der Waals surface area (Å²) in [6, 6.07) is 9.55. The molecule has 0 saturated carbocycles. The van der Waals surface area contributed by atoms with Crippen molar-refractivity contribution in [1.82, 2.24) is 0 Å². The second kappa shape index (κ2) is 5.00. The average molecular weight is 173 g/mol. The lowest BCUT2D eigenvalue weighted by molar-refractivity contribution is 0.340. The van der Waals surface area contributed by atoms with Crippen molar-refractivity contribution in [1.29, 1.82) is 5.26 Å². The SMILES string of the molecule is CCOc1ccc(/C=C/C#N)cc1. The molecule has 2 heteroatoms. The third-order valence-corrected chi connectivity index (χ3v) is 1.54. The molecule has 1 aromatic rings. The molecule has 1 aromatic carbocycles. The quantitative estimate of drug-likeness (QED) is 0.658. The van der Waals surface area contributed by atoms with E-state index >= 15 is 0 Å². The van der Waals surface area contributed by atoms with Gasteiger partial charge >= 0.3 is 0 Å². The number of hydrogen-bond donors (Lipinski definition) is 0. The van der Waals surface area contributed by atoms with E-state index in [4.69, 9.17) is 10.00 Å². The molecule has 0 fully saturated rings. The van der Waals surface area contributed by atoms with Crippen molar-refractivity contribution in [2.24, 2.45) is 0 Å². The normalized spacial score (nSPS) is 9.85. The Bertz CT molecular complexity index is 319. The zero-order chi connectivity index (χ0) is 9.52. The van der Waals surface area contributed by atoms with Crippen molar-refractivity contribution in [2.45, 2.75) is 6.92 Å². The minimum atomic E-state index is 0.674. The summed E-state index contributed by atoms with van der Waals surface area (Å²) in [7, 11) is 0. The van der Waals surface area contributed by atoms with Crippen LogP contribution < -0.4 is 4.74 Å². The fraction of sp³-hybridized carbons (Fsp3) is 0.182. The van der Waals surface area contributed by atoms with Crippen molar-refractivity contribution in [2.75, 3.05) is 6.61 Å². The second-order valence-electron chi connectivity index (χ2n) is 2.46. The molecule has 66 valence electrons. The van der Waals surface area contributed by atoms with Crippen LogP contribution in [-0.4, -0.2) is 6.61 Å². The van der Waals surface area contributed by atoms with Crippen LogP contribution in [0.15, 0.2) is 30.3 Å². The first-order valence-corrected chi connectivity index (χ1v) is 4.16. The number of nitriles is 1. The van der Waals surface area contributed by atoms with Crippen LogP contribution in [0, 0.1) is 11.3 Å². The van der Waals surface area contributed by atoms with Crippen LogP contribution in [0.25, 0.3) is 6.08 Å². The Morgan fingerprint density at radius 1 is 1.38 bits per heavy atom. The van der Waals surface area contributed by atoms with Gasteiger partial charge in [-0.05, 0) is 30.7 Å². The zero-order valence-electron chi connectivity index (χ0n) is 7.53. The van der Waals surface area contributed by atoms with Gasteiger partial charge in [-0.2, -0.15) is 5.26 Å². The van der Waals surface area contributed by atoms with E-state index in [1.807, 2.05) is 37.3 Å². The molecule has 0 atom stereocenters. The molecule has 0 heterocycles. The maximum atomic E-state index is 8.30. The standard InChI is InChI=1S/C11H11NO/c1-2-13-11-7-5-10(6-8-11)4-3-9-12/h3-8H,2H2,1H3/b4-3+. The number of nitrogens with zero attached hydrogens (tertiary/aromatic N) is 1. The van der Waals surface area contributed by atoms with Crippen LogP contribution in [0.2, 0.25) is 0 Å². The Morgan fingerprint density at radius 3 is 2.62 bits per heavy atom. The van der Waals surface area contributed by atoms with Gasteiger partial charge in [-0.15, -0.1) is 0 Å². The van der Waals surface area contributed by atoms with E-state index in [1.165, 1.54) is 6.08 Å². The summed E-state index contributed by atoms with van der Waals surface area (Å²) in [4.78, 5) is 0. The summed E-state index contributed by atoms with van der Waals surface area (Å²) in [6.45, 7) is 2.62. The molecule has 2 nitrogen and oxygen atoms in total. The minimum Gasteiger partial charge on any atom is -0.494 e. The van der Waals surface area contributed by atoms with Crippen LogP contribution in [0.1, 0.15) is 12.5 Å². The highest BCUT2D eigenvalue weighted by atomic mass is 16.5. The van der Waals surface area contributed by atoms with Gasteiger partial charge in [0.25, 0.3) is 0 Å². The molecular weight excluding hydrogens is 162 g/mol. The van der Waals surface area contributed by atoms with Crippen LogP contribution >= 0.6 is 0 Å². The topological polar surface area (TPSA) is 33.0 Å². The molecule has 0 amide bonds. The first kappa shape index (κ1) is 9.34. The molecule has 0 spiro atoms. The number of rotatable bonds is 3. The monoisotopic (exact) mass is 173 g/mol. The van der Waals surface area contributed by atoms with Gasteiger partial charge in [-0.3, -0.25) is 0 Å². The molecule has 0 aliphatic heterocycles. The van der Waals surface area contributed by atoms with Gasteiger partial charge in [0.1, 0.15) is 5.75 Å². The summed E-state index contributed by atoms with van der Waals surface area (Å²) in [6.07, 6.45) is 3.21. The Kier molecular flexibility index (Phi) is 3.59. The average Bonchev–Trinajstić information content (AvgIpc) is 2.17. The van der Waals surface area contributed by atoms with Crippen molar-refractivity contribution < 1.29 is 4.74 Å². The Balaban J connectivity index is 2.70. The molecule has 0 N–H and O–H groups in total. The molecular formula is C11H11NO. The van der Waals surface area contributed by atoms with E-state index in [9.17, 15) is 0 Å².